The third-order valence-corrected chi connectivity index (χ3v) is 5.10. The van der Waals surface area contributed by atoms with E-state index in [1.165, 1.54) is 6.42 Å². The Kier molecular flexibility index (Phi) is 3.47. The molecule has 1 aliphatic heterocycles. The lowest BCUT2D eigenvalue weighted by Crippen LogP contribution is -2.35. The van der Waals surface area contributed by atoms with Crippen molar-refractivity contribution >= 4 is 11.8 Å². The van der Waals surface area contributed by atoms with Crippen LogP contribution in [0.1, 0.15) is 34.1 Å². The maximum atomic E-state index is 2.53. The highest BCUT2D eigenvalue weighted by atomic mass is 32.2. The van der Waals surface area contributed by atoms with Crippen molar-refractivity contribution in [2.45, 2.75) is 50.8 Å². The van der Waals surface area contributed by atoms with Crippen molar-refractivity contribution in [3.63, 3.8) is 0 Å². The number of hydrogen-bond donors (Lipinski definition) is 0. The summed E-state index contributed by atoms with van der Waals surface area (Å²) in [5.74, 6) is 0.777. The average Bonchev–Trinajstić information content (AvgIpc) is 2.30. The molecule has 3 unspecified atom stereocenters. The standard InChI is InChI=1S/C10H21NS/c1-6-9-8(4)11(5)10(12-9)7(2)3/h7-10H,6H2,1-5H3. The van der Waals surface area contributed by atoms with Crippen molar-refractivity contribution in [3.8, 4) is 0 Å². The Morgan fingerprint density at radius 1 is 1.42 bits per heavy atom. The van der Waals surface area contributed by atoms with Gasteiger partial charge in [-0.25, -0.2) is 0 Å². The maximum absolute atomic E-state index is 2.53. The highest BCUT2D eigenvalue weighted by Crippen LogP contribution is 2.39. The molecule has 0 radical (unpaired) electrons. The van der Waals surface area contributed by atoms with Gasteiger partial charge in [-0.15, -0.1) is 11.8 Å². The first-order chi connectivity index (χ1) is 5.57. The molecule has 1 nitrogen and oxygen atoms in total. The lowest BCUT2D eigenvalue weighted by molar-refractivity contribution is 0.225. The number of rotatable bonds is 2. The first-order valence-electron chi connectivity index (χ1n) is 4.95. The Balaban J connectivity index is 2.60. The van der Waals surface area contributed by atoms with E-state index in [0.717, 1.165) is 22.6 Å². The topological polar surface area (TPSA) is 3.24 Å². The van der Waals surface area contributed by atoms with E-state index in [4.69, 9.17) is 0 Å². The zero-order valence-corrected chi connectivity index (χ0v) is 9.69. The van der Waals surface area contributed by atoms with Crippen molar-refractivity contribution in [2.24, 2.45) is 5.92 Å². The van der Waals surface area contributed by atoms with E-state index < -0.39 is 0 Å². The molecule has 0 N–H and O–H groups in total. The summed E-state index contributed by atoms with van der Waals surface area (Å²) in [6.07, 6.45) is 1.30. The van der Waals surface area contributed by atoms with Crippen LogP contribution in [0.5, 0.6) is 0 Å². The molecule has 0 aromatic carbocycles. The summed E-state index contributed by atoms with van der Waals surface area (Å²) in [6.45, 7) is 9.28. The van der Waals surface area contributed by atoms with Crippen LogP contribution in [-0.2, 0) is 0 Å². The molecule has 0 amide bonds. The molecule has 2 heteroatoms. The van der Waals surface area contributed by atoms with E-state index in [2.05, 4.69) is 51.4 Å². The Labute approximate surface area is 80.9 Å². The number of nitrogens with zero attached hydrogens (tertiary/aromatic N) is 1. The van der Waals surface area contributed by atoms with Gasteiger partial charge in [-0.3, -0.25) is 4.90 Å². The van der Waals surface area contributed by atoms with E-state index in [0.29, 0.717) is 0 Å². The van der Waals surface area contributed by atoms with Crippen molar-refractivity contribution in [1.82, 2.24) is 4.90 Å². The van der Waals surface area contributed by atoms with Gasteiger partial charge in [0.05, 0.1) is 5.37 Å². The molecule has 1 fully saturated rings. The molecular weight excluding hydrogens is 166 g/mol. The first-order valence-corrected chi connectivity index (χ1v) is 5.89. The van der Waals surface area contributed by atoms with Crippen LogP contribution in [0.3, 0.4) is 0 Å². The smallest absolute Gasteiger partial charge is 0.0583 e. The fraction of sp³-hybridized carbons (Fsp3) is 1.00. The van der Waals surface area contributed by atoms with Crippen LogP contribution in [0.25, 0.3) is 0 Å². The lowest BCUT2D eigenvalue weighted by Gasteiger charge is -2.25. The molecule has 0 aliphatic carbocycles. The molecule has 0 aromatic heterocycles. The van der Waals surface area contributed by atoms with Gasteiger partial charge in [-0.05, 0) is 26.3 Å². The zero-order valence-electron chi connectivity index (χ0n) is 8.87. The van der Waals surface area contributed by atoms with Crippen molar-refractivity contribution in [3.05, 3.63) is 0 Å². The number of thioether (sulfide) groups is 1. The highest BCUT2D eigenvalue weighted by molar-refractivity contribution is 8.00. The molecule has 0 spiro atoms. The van der Waals surface area contributed by atoms with Crippen LogP contribution in [0.15, 0.2) is 0 Å². The summed E-state index contributed by atoms with van der Waals surface area (Å²) >= 11 is 2.16. The summed E-state index contributed by atoms with van der Waals surface area (Å²) in [5, 5.41) is 1.59. The predicted octanol–water partition coefficient (Wildman–Crippen LogP) is 2.81. The van der Waals surface area contributed by atoms with Crippen LogP contribution >= 0.6 is 11.8 Å². The summed E-state index contributed by atoms with van der Waals surface area (Å²) in [6, 6.07) is 0.757. The van der Waals surface area contributed by atoms with E-state index in [1.807, 2.05) is 0 Å². The van der Waals surface area contributed by atoms with E-state index in [1.54, 1.807) is 0 Å². The van der Waals surface area contributed by atoms with Crippen LogP contribution in [0.4, 0.5) is 0 Å². The fourth-order valence-electron chi connectivity index (χ4n) is 1.95. The SMILES string of the molecule is CCC1SC(C(C)C)N(C)C1C. The summed E-state index contributed by atoms with van der Waals surface area (Å²) in [4.78, 5) is 2.53. The quantitative estimate of drug-likeness (QED) is 0.654. The molecule has 1 saturated heterocycles. The second-order valence-corrected chi connectivity index (χ2v) is 5.48. The Bertz CT molecular complexity index is 147. The van der Waals surface area contributed by atoms with Crippen LogP contribution in [-0.4, -0.2) is 28.6 Å². The summed E-state index contributed by atoms with van der Waals surface area (Å²) in [7, 11) is 2.26. The Morgan fingerprint density at radius 3 is 2.25 bits per heavy atom. The van der Waals surface area contributed by atoms with Gasteiger partial charge in [0.15, 0.2) is 0 Å². The van der Waals surface area contributed by atoms with Crippen molar-refractivity contribution in [2.75, 3.05) is 7.05 Å². The van der Waals surface area contributed by atoms with Gasteiger partial charge in [-0.2, -0.15) is 0 Å². The highest BCUT2D eigenvalue weighted by Gasteiger charge is 2.36. The second kappa shape index (κ2) is 4.01. The van der Waals surface area contributed by atoms with Crippen LogP contribution in [0, 0.1) is 5.92 Å². The fourth-order valence-corrected chi connectivity index (χ4v) is 3.62. The minimum absolute atomic E-state index is 0.741. The lowest BCUT2D eigenvalue weighted by atomic mass is 10.1. The van der Waals surface area contributed by atoms with Gasteiger partial charge in [0, 0.05) is 11.3 Å². The minimum Gasteiger partial charge on any atom is -0.290 e. The zero-order chi connectivity index (χ0) is 9.30. The van der Waals surface area contributed by atoms with Gasteiger partial charge in [0.1, 0.15) is 0 Å². The molecule has 1 rings (SSSR count). The van der Waals surface area contributed by atoms with Crippen LogP contribution < -0.4 is 0 Å². The third-order valence-electron chi connectivity index (χ3n) is 2.87. The maximum Gasteiger partial charge on any atom is 0.0583 e. The van der Waals surface area contributed by atoms with Crippen molar-refractivity contribution in [1.29, 1.82) is 0 Å². The Hall–Kier alpha value is 0.310. The Morgan fingerprint density at radius 2 is 2.00 bits per heavy atom. The molecule has 0 saturated carbocycles. The van der Waals surface area contributed by atoms with Gasteiger partial charge < -0.3 is 0 Å². The average molecular weight is 187 g/mol. The summed E-state index contributed by atoms with van der Waals surface area (Å²) < 4.78 is 0. The molecule has 1 heterocycles. The van der Waals surface area contributed by atoms with Gasteiger partial charge in [0.2, 0.25) is 0 Å². The molecule has 12 heavy (non-hydrogen) atoms. The van der Waals surface area contributed by atoms with E-state index in [-0.39, 0.29) is 0 Å². The predicted molar refractivity (Wildman–Crippen MR) is 57.5 cm³/mol. The normalized spacial score (nSPS) is 38.0. The minimum atomic E-state index is 0.741. The first kappa shape index (κ1) is 10.4. The van der Waals surface area contributed by atoms with Gasteiger partial charge in [0.25, 0.3) is 0 Å². The van der Waals surface area contributed by atoms with Gasteiger partial charge >= 0.3 is 0 Å². The van der Waals surface area contributed by atoms with Crippen LogP contribution in [0.2, 0.25) is 0 Å². The molecule has 0 bridgehead atoms. The second-order valence-electron chi connectivity index (χ2n) is 4.12. The van der Waals surface area contributed by atoms with Crippen molar-refractivity contribution < 1.29 is 0 Å². The third kappa shape index (κ3) is 1.80. The number of hydrogen-bond acceptors (Lipinski definition) is 2. The molecule has 1 aliphatic rings. The van der Waals surface area contributed by atoms with E-state index in [9.17, 15) is 0 Å². The molecule has 0 aromatic rings. The summed E-state index contributed by atoms with van der Waals surface area (Å²) in [5.41, 5.74) is 0. The largest absolute Gasteiger partial charge is 0.290 e. The molecule has 3 atom stereocenters. The monoisotopic (exact) mass is 187 g/mol. The van der Waals surface area contributed by atoms with E-state index >= 15 is 0 Å². The molecular formula is C10H21NS. The van der Waals surface area contributed by atoms with Gasteiger partial charge in [-0.1, -0.05) is 20.8 Å². The molecule has 72 valence electrons.